The van der Waals surface area contributed by atoms with Crippen molar-refractivity contribution < 1.29 is 0 Å². The van der Waals surface area contributed by atoms with Crippen LogP contribution in [0.5, 0.6) is 0 Å². The number of nitrogens with zero attached hydrogens (tertiary/aromatic N) is 1. The summed E-state index contributed by atoms with van der Waals surface area (Å²) in [6.07, 6.45) is 1.78. The highest BCUT2D eigenvalue weighted by Crippen LogP contribution is 2.30. The van der Waals surface area contributed by atoms with Crippen LogP contribution in [0, 0.1) is 6.92 Å². The van der Waals surface area contributed by atoms with E-state index in [2.05, 4.69) is 58.1 Å². The Kier molecular flexibility index (Phi) is 5.29. The monoisotopic (exact) mass is 466 g/mol. The highest BCUT2D eigenvalue weighted by molar-refractivity contribution is 9.11. The fourth-order valence-electron chi connectivity index (χ4n) is 1.53. The van der Waals surface area contributed by atoms with Gasteiger partial charge in [-0.1, -0.05) is 11.6 Å². The minimum atomic E-state index is 0.617. The molecule has 2 nitrogen and oxygen atoms in total. The van der Waals surface area contributed by atoms with Crippen LogP contribution in [-0.4, -0.2) is 4.98 Å². The molecule has 1 N–H and O–H groups in total. The predicted molar refractivity (Wildman–Crippen MR) is 90.9 cm³/mol. The molecule has 0 saturated carbocycles. The molecule has 0 spiro atoms. The summed E-state index contributed by atoms with van der Waals surface area (Å²) >= 11 is 16.5. The predicted octanol–water partition coefficient (Wildman–Crippen LogP) is 5.94. The van der Waals surface area contributed by atoms with E-state index < -0.39 is 0 Å². The summed E-state index contributed by atoms with van der Waals surface area (Å²) in [7, 11) is 0. The largest absolute Gasteiger partial charge is 0.378 e. The molecule has 19 heavy (non-hydrogen) atoms. The zero-order valence-electron chi connectivity index (χ0n) is 9.98. The van der Waals surface area contributed by atoms with Crippen LogP contribution in [0.25, 0.3) is 0 Å². The summed E-state index contributed by atoms with van der Waals surface area (Å²) in [5.74, 6) is 0. The van der Waals surface area contributed by atoms with Crippen LogP contribution in [0.2, 0.25) is 5.02 Å². The van der Waals surface area contributed by atoms with Gasteiger partial charge < -0.3 is 5.32 Å². The molecule has 0 fully saturated rings. The molecule has 1 aromatic heterocycles. The van der Waals surface area contributed by atoms with Gasteiger partial charge in [-0.05, 0) is 78.5 Å². The van der Waals surface area contributed by atoms with E-state index in [1.807, 2.05) is 25.1 Å². The minimum absolute atomic E-state index is 0.617. The molecule has 2 rings (SSSR count). The van der Waals surface area contributed by atoms with Gasteiger partial charge in [0.15, 0.2) is 0 Å². The second-order valence-electron chi connectivity index (χ2n) is 4.02. The molecule has 0 saturated heterocycles. The maximum Gasteiger partial charge on any atom is 0.0737 e. The molecule has 100 valence electrons. The Balaban J connectivity index is 2.16. The van der Waals surface area contributed by atoms with Gasteiger partial charge in [0, 0.05) is 24.6 Å². The lowest BCUT2D eigenvalue weighted by Gasteiger charge is -2.11. The second kappa shape index (κ2) is 6.57. The van der Waals surface area contributed by atoms with Gasteiger partial charge >= 0.3 is 0 Å². The smallest absolute Gasteiger partial charge is 0.0737 e. The molecule has 0 atom stereocenters. The zero-order valence-corrected chi connectivity index (χ0v) is 15.5. The molecule has 1 heterocycles. The molecule has 6 heteroatoms. The van der Waals surface area contributed by atoms with Crippen LogP contribution < -0.4 is 5.32 Å². The molecular weight excluding hydrogens is 459 g/mol. The van der Waals surface area contributed by atoms with Gasteiger partial charge in [0.25, 0.3) is 0 Å². The van der Waals surface area contributed by atoms with Crippen LogP contribution >= 0.6 is 59.4 Å². The average Bonchev–Trinajstić information content (AvgIpc) is 2.34. The van der Waals surface area contributed by atoms with Gasteiger partial charge in [0.2, 0.25) is 0 Å². The van der Waals surface area contributed by atoms with Crippen molar-refractivity contribution in [2.24, 2.45) is 0 Å². The summed E-state index contributed by atoms with van der Waals surface area (Å²) in [6.45, 7) is 2.59. The standard InChI is InChI=1S/C13H10Br3ClN2/c1-7-2-9(15)12(4-11(7)17)19-6-13-10(16)3-8(14)5-18-13/h2-5,19H,6H2,1H3. The first-order valence-electron chi connectivity index (χ1n) is 5.47. The first-order chi connectivity index (χ1) is 8.97. The Morgan fingerprint density at radius 3 is 2.58 bits per heavy atom. The van der Waals surface area contributed by atoms with Crippen molar-refractivity contribution in [3.8, 4) is 0 Å². The van der Waals surface area contributed by atoms with Crippen LogP contribution in [0.15, 0.2) is 37.8 Å². The van der Waals surface area contributed by atoms with Gasteiger partial charge in [-0.15, -0.1) is 0 Å². The SMILES string of the molecule is Cc1cc(Br)c(NCc2ncc(Br)cc2Br)cc1Cl. The van der Waals surface area contributed by atoms with Crippen LogP contribution in [0.3, 0.4) is 0 Å². The quantitative estimate of drug-likeness (QED) is 0.602. The number of nitrogens with one attached hydrogen (secondary N) is 1. The lowest BCUT2D eigenvalue weighted by Crippen LogP contribution is -2.03. The first-order valence-corrected chi connectivity index (χ1v) is 8.22. The Labute approximate surface area is 142 Å². The van der Waals surface area contributed by atoms with Crippen LogP contribution in [0.1, 0.15) is 11.3 Å². The lowest BCUT2D eigenvalue weighted by atomic mass is 10.2. The van der Waals surface area contributed by atoms with Crippen molar-refractivity contribution in [2.75, 3.05) is 5.32 Å². The van der Waals surface area contributed by atoms with E-state index >= 15 is 0 Å². The van der Waals surface area contributed by atoms with Gasteiger partial charge in [0.1, 0.15) is 0 Å². The first kappa shape index (κ1) is 15.3. The summed E-state index contributed by atoms with van der Waals surface area (Å²) in [5, 5.41) is 4.06. The minimum Gasteiger partial charge on any atom is -0.378 e. The molecular formula is C13H10Br3ClN2. The third kappa shape index (κ3) is 3.94. The number of hydrogen-bond donors (Lipinski definition) is 1. The Hall–Kier alpha value is -0.100. The maximum atomic E-state index is 6.13. The highest BCUT2D eigenvalue weighted by atomic mass is 79.9. The number of anilines is 1. The summed E-state index contributed by atoms with van der Waals surface area (Å²) in [5.41, 5.74) is 2.93. The van der Waals surface area contributed by atoms with Crippen molar-refractivity contribution >= 4 is 65.1 Å². The van der Waals surface area contributed by atoms with E-state index in [0.717, 1.165) is 35.4 Å². The van der Waals surface area contributed by atoms with Crippen molar-refractivity contribution in [3.05, 3.63) is 54.1 Å². The molecule has 0 aliphatic heterocycles. The van der Waals surface area contributed by atoms with E-state index in [4.69, 9.17) is 11.6 Å². The molecule has 1 aromatic carbocycles. The topological polar surface area (TPSA) is 24.9 Å². The Bertz CT molecular complexity index is 617. The third-order valence-corrected chi connectivity index (χ3v) is 4.76. The number of rotatable bonds is 3. The normalized spacial score (nSPS) is 10.6. The molecule has 0 amide bonds. The van der Waals surface area contributed by atoms with E-state index in [-0.39, 0.29) is 0 Å². The Morgan fingerprint density at radius 1 is 1.16 bits per heavy atom. The van der Waals surface area contributed by atoms with Crippen LogP contribution in [0.4, 0.5) is 5.69 Å². The molecule has 0 unspecified atom stereocenters. The van der Waals surface area contributed by atoms with Crippen molar-refractivity contribution in [2.45, 2.75) is 13.5 Å². The zero-order chi connectivity index (χ0) is 14.0. The summed E-state index contributed by atoms with van der Waals surface area (Å²) in [4.78, 5) is 4.36. The number of hydrogen-bond acceptors (Lipinski definition) is 2. The second-order valence-corrected chi connectivity index (χ2v) is 7.05. The van der Waals surface area contributed by atoms with Gasteiger partial charge in [-0.3, -0.25) is 4.98 Å². The van der Waals surface area contributed by atoms with E-state index in [0.29, 0.717) is 6.54 Å². The fraction of sp³-hybridized carbons (Fsp3) is 0.154. The average molecular weight is 469 g/mol. The third-order valence-electron chi connectivity index (χ3n) is 2.58. The van der Waals surface area contributed by atoms with Gasteiger partial charge in [-0.25, -0.2) is 0 Å². The maximum absolute atomic E-state index is 6.13. The van der Waals surface area contributed by atoms with E-state index in [1.165, 1.54) is 0 Å². The highest BCUT2D eigenvalue weighted by Gasteiger charge is 2.06. The number of aromatic nitrogens is 1. The van der Waals surface area contributed by atoms with Crippen molar-refractivity contribution in [1.29, 1.82) is 0 Å². The number of benzene rings is 1. The molecule has 0 bridgehead atoms. The van der Waals surface area contributed by atoms with Crippen molar-refractivity contribution in [3.63, 3.8) is 0 Å². The lowest BCUT2D eigenvalue weighted by molar-refractivity contribution is 1.03. The summed E-state index contributed by atoms with van der Waals surface area (Å²) < 4.78 is 2.90. The van der Waals surface area contributed by atoms with Crippen LogP contribution in [-0.2, 0) is 6.54 Å². The van der Waals surface area contributed by atoms with Crippen molar-refractivity contribution in [1.82, 2.24) is 4.98 Å². The molecule has 0 aliphatic rings. The molecule has 2 aromatic rings. The number of aryl methyl sites for hydroxylation is 1. The fourth-order valence-corrected chi connectivity index (χ4v) is 3.42. The van der Waals surface area contributed by atoms with E-state index in [1.54, 1.807) is 6.20 Å². The number of pyridine rings is 1. The number of halogens is 4. The van der Waals surface area contributed by atoms with Gasteiger partial charge in [-0.2, -0.15) is 0 Å². The molecule has 0 radical (unpaired) electrons. The molecule has 0 aliphatic carbocycles. The summed E-state index contributed by atoms with van der Waals surface area (Å²) in [6, 6.07) is 5.88. The van der Waals surface area contributed by atoms with Gasteiger partial charge in [0.05, 0.1) is 17.9 Å². The van der Waals surface area contributed by atoms with E-state index in [9.17, 15) is 0 Å². The Morgan fingerprint density at radius 2 is 1.89 bits per heavy atom.